The van der Waals surface area contributed by atoms with Gasteiger partial charge in [0, 0.05) is 31.7 Å². The lowest BCUT2D eigenvalue weighted by atomic mass is 9.82. The van der Waals surface area contributed by atoms with Crippen molar-refractivity contribution in [2.75, 3.05) is 32.1 Å². The summed E-state index contributed by atoms with van der Waals surface area (Å²) in [5.41, 5.74) is -0.0725. The van der Waals surface area contributed by atoms with Gasteiger partial charge in [-0.3, -0.25) is 5.32 Å². The normalized spacial score (nSPS) is 11.8. The first-order valence-corrected chi connectivity index (χ1v) is 8.62. The SMILES string of the molecule is CCOC(CN(C)C(=O)Nc1cc(C(C)(CC)CC)on1)OCC. The van der Waals surface area contributed by atoms with Gasteiger partial charge in [0.2, 0.25) is 0 Å². The summed E-state index contributed by atoms with van der Waals surface area (Å²) in [5, 5.41) is 6.70. The molecule has 2 amide bonds. The van der Waals surface area contributed by atoms with Gasteiger partial charge in [0.05, 0.1) is 6.54 Å². The van der Waals surface area contributed by atoms with E-state index in [0.29, 0.717) is 25.6 Å². The van der Waals surface area contributed by atoms with E-state index in [0.717, 1.165) is 18.6 Å². The fourth-order valence-corrected chi connectivity index (χ4v) is 2.25. The molecule has 0 unspecified atom stereocenters. The second kappa shape index (κ2) is 9.64. The first-order valence-electron chi connectivity index (χ1n) is 8.62. The lowest BCUT2D eigenvalue weighted by Gasteiger charge is -2.23. The smallest absolute Gasteiger partial charge is 0.323 e. The Labute approximate surface area is 144 Å². The maximum absolute atomic E-state index is 12.3. The first-order chi connectivity index (χ1) is 11.4. The largest absolute Gasteiger partial charge is 0.359 e. The van der Waals surface area contributed by atoms with Crippen molar-refractivity contribution in [1.29, 1.82) is 0 Å². The van der Waals surface area contributed by atoms with Gasteiger partial charge in [0.25, 0.3) is 0 Å². The number of likely N-dealkylation sites (N-methyl/N-ethyl adjacent to an activating group) is 1. The summed E-state index contributed by atoms with van der Waals surface area (Å²) in [4.78, 5) is 13.8. The average molecular weight is 341 g/mol. The van der Waals surface area contributed by atoms with Crippen LogP contribution in [0.25, 0.3) is 0 Å². The fourth-order valence-electron chi connectivity index (χ4n) is 2.25. The number of ether oxygens (including phenoxy) is 2. The van der Waals surface area contributed by atoms with Crippen LogP contribution in [0.15, 0.2) is 10.6 Å². The van der Waals surface area contributed by atoms with Gasteiger partial charge >= 0.3 is 6.03 Å². The van der Waals surface area contributed by atoms with Gasteiger partial charge in [-0.25, -0.2) is 4.79 Å². The monoisotopic (exact) mass is 341 g/mol. The average Bonchev–Trinajstić information content (AvgIpc) is 3.03. The minimum absolute atomic E-state index is 0.0725. The van der Waals surface area contributed by atoms with E-state index in [1.54, 1.807) is 13.1 Å². The van der Waals surface area contributed by atoms with Crippen molar-refractivity contribution in [3.63, 3.8) is 0 Å². The van der Waals surface area contributed by atoms with E-state index in [9.17, 15) is 4.79 Å². The molecule has 138 valence electrons. The van der Waals surface area contributed by atoms with Crippen molar-refractivity contribution in [2.45, 2.75) is 59.2 Å². The van der Waals surface area contributed by atoms with Crippen LogP contribution in [0, 0.1) is 0 Å². The molecule has 1 aromatic heterocycles. The molecule has 0 radical (unpaired) electrons. The molecule has 7 heteroatoms. The minimum atomic E-state index is -0.438. The molecule has 24 heavy (non-hydrogen) atoms. The Morgan fingerprint density at radius 2 is 1.88 bits per heavy atom. The molecule has 7 nitrogen and oxygen atoms in total. The number of amides is 2. The third kappa shape index (κ3) is 5.49. The number of hydrogen-bond donors (Lipinski definition) is 1. The number of carbonyl (C=O) groups excluding carboxylic acids is 1. The van der Waals surface area contributed by atoms with Gasteiger partial charge < -0.3 is 18.9 Å². The van der Waals surface area contributed by atoms with E-state index in [4.69, 9.17) is 14.0 Å². The molecule has 0 saturated carbocycles. The van der Waals surface area contributed by atoms with Crippen molar-refractivity contribution in [3.05, 3.63) is 11.8 Å². The van der Waals surface area contributed by atoms with E-state index in [-0.39, 0.29) is 11.4 Å². The van der Waals surface area contributed by atoms with Gasteiger partial charge in [0.15, 0.2) is 12.1 Å². The van der Waals surface area contributed by atoms with Crippen molar-refractivity contribution in [2.24, 2.45) is 0 Å². The molecule has 0 aliphatic rings. The minimum Gasteiger partial charge on any atom is -0.359 e. The van der Waals surface area contributed by atoms with Crippen LogP contribution in [-0.2, 0) is 14.9 Å². The Morgan fingerprint density at radius 1 is 1.29 bits per heavy atom. The predicted octanol–water partition coefficient (Wildman–Crippen LogP) is 3.62. The molecule has 1 heterocycles. The third-order valence-corrected chi connectivity index (χ3v) is 4.38. The zero-order valence-electron chi connectivity index (χ0n) is 15.7. The van der Waals surface area contributed by atoms with E-state index in [1.165, 1.54) is 4.90 Å². The molecule has 1 rings (SSSR count). The molecule has 0 saturated heterocycles. The van der Waals surface area contributed by atoms with Crippen LogP contribution >= 0.6 is 0 Å². The van der Waals surface area contributed by atoms with Gasteiger partial charge in [-0.05, 0) is 26.7 Å². The quantitative estimate of drug-likeness (QED) is 0.658. The standard InChI is InChI=1S/C17H31N3O4/c1-7-17(5,8-2)13-11-14(19-24-13)18-16(21)20(6)12-15(22-9-3)23-10-4/h11,15H,7-10,12H2,1-6H3,(H,18,19,21). The summed E-state index contributed by atoms with van der Waals surface area (Å²) in [6, 6.07) is 1.51. The Kier molecular flexibility index (Phi) is 8.21. The highest BCUT2D eigenvalue weighted by molar-refractivity contribution is 5.88. The summed E-state index contributed by atoms with van der Waals surface area (Å²) < 4.78 is 16.3. The van der Waals surface area contributed by atoms with E-state index in [1.807, 2.05) is 13.8 Å². The predicted molar refractivity (Wildman–Crippen MR) is 93.1 cm³/mol. The van der Waals surface area contributed by atoms with Gasteiger partial charge in [-0.2, -0.15) is 0 Å². The molecule has 0 bridgehead atoms. The number of hydrogen-bond acceptors (Lipinski definition) is 5. The van der Waals surface area contributed by atoms with Crippen molar-refractivity contribution < 1.29 is 18.8 Å². The van der Waals surface area contributed by atoms with Gasteiger partial charge in [-0.1, -0.05) is 25.9 Å². The van der Waals surface area contributed by atoms with Crippen molar-refractivity contribution >= 4 is 11.8 Å². The number of nitrogens with one attached hydrogen (secondary N) is 1. The van der Waals surface area contributed by atoms with Crippen LogP contribution in [0.2, 0.25) is 0 Å². The molecule has 0 aromatic carbocycles. The number of aromatic nitrogens is 1. The molecular weight excluding hydrogens is 310 g/mol. The molecule has 0 fully saturated rings. The van der Waals surface area contributed by atoms with Crippen LogP contribution in [0.1, 0.15) is 53.2 Å². The number of urea groups is 1. The Balaban J connectivity index is 2.65. The first kappa shape index (κ1) is 20.4. The number of nitrogens with zero attached hydrogens (tertiary/aromatic N) is 2. The maximum Gasteiger partial charge on any atom is 0.323 e. The lowest BCUT2D eigenvalue weighted by molar-refractivity contribution is -0.141. The highest BCUT2D eigenvalue weighted by atomic mass is 16.7. The Hall–Kier alpha value is -1.60. The molecule has 0 aliphatic heterocycles. The van der Waals surface area contributed by atoms with E-state index < -0.39 is 6.29 Å². The highest BCUT2D eigenvalue weighted by Gasteiger charge is 2.28. The molecular formula is C17H31N3O4. The molecule has 1 aromatic rings. The molecule has 0 spiro atoms. The number of rotatable bonds is 10. The van der Waals surface area contributed by atoms with Gasteiger partial charge in [0.1, 0.15) is 5.76 Å². The fraction of sp³-hybridized carbons (Fsp3) is 0.765. The molecule has 1 N–H and O–H groups in total. The van der Waals surface area contributed by atoms with Crippen LogP contribution in [0.5, 0.6) is 0 Å². The second-order valence-corrected chi connectivity index (χ2v) is 6.00. The number of carbonyl (C=O) groups is 1. The van der Waals surface area contributed by atoms with E-state index >= 15 is 0 Å². The summed E-state index contributed by atoms with van der Waals surface area (Å²) >= 11 is 0. The zero-order valence-corrected chi connectivity index (χ0v) is 15.7. The number of anilines is 1. The topological polar surface area (TPSA) is 76.8 Å². The van der Waals surface area contributed by atoms with Crippen LogP contribution < -0.4 is 5.32 Å². The zero-order chi connectivity index (χ0) is 18.2. The lowest BCUT2D eigenvalue weighted by Crippen LogP contribution is -2.39. The Bertz CT molecular complexity index is 494. The van der Waals surface area contributed by atoms with Crippen LogP contribution in [0.3, 0.4) is 0 Å². The summed E-state index contributed by atoms with van der Waals surface area (Å²) in [5.74, 6) is 1.20. The Morgan fingerprint density at radius 3 is 2.38 bits per heavy atom. The van der Waals surface area contributed by atoms with Crippen LogP contribution in [-0.4, -0.2) is 49.2 Å². The van der Waals surface area contributed by atoms with Gasteiger partial charge in [-0.15, -0.1) is 0 Å². The summed E-state index contributed by atoms with van der Waals surface area (Å²) in [6.07, 6.45) is 1.44. The van der Waals surface area contributed by atoms with Crippen molar-refractivity contribution in [1.82, 2.24) is 10.1 Å². The van der Waals surface area contributed by atoms with Crippen molar-refractivity contribution in [3.8, 4) is 0 Å². The summed E-state index contributed by atoms with van der Waals surface area (Å²) in [6.45, 7) is 11.5. The maximum atomic E-state index is 12.3. The molecule has 0 aliphatic carbocycles. The second-order valence-electron chi connectivity index (χ2n) is 6.00. The highest BCUT2D eigenvalue weighted by Crippen LogP contribution is 2.32. The molecule has 0 atom stereocenters. The van der Waals surface area contributed by atoms with E-state index in [2.05, 4.69) is 31.2 Å². The van der Waals surface area contributed by atoms with Crippen LogP contribution in [0.4, 0.5) is 10.6 Å². The third-order valence-electron chi connectivity index (χ3n) is 4.38. The summed E-state index contributed by atoms with van der Waals surface area (Å²) in [7, 11) is 1.68.